The highest BCUT2D eigenvalue weighted by atomic mass is 32.2. The molecule has 0 aliphatic heterocycles. The Labute approximate surface area is 147 Å². The van der Waals surface area contributed by atoms with Gasteiger partial charge < -0.3 is 10.2 Å². The average Bonchev–Trinajstić information content (AvgIpc) is 2.48. The summed E-state index contributed by atoms with van der Waals surface area (Å²) in [6.07, 6.45) is 1.91. The van der Waals surface area contributed by atoms with E-state index in [0.717, 1.165) is 12.5 Å². The summed E-state index contributed by atoms with van der Waals surface area (Å²) in [6.45, 7) is 7.65. The predicted molar refractivity (Wildman–Crippen MR) is 102 cm³/mol. The molecule has 0 unspecified atom stereocenters. The number of hydrogen-bond donors (Lipinski definition) is 1. The Morgan fingerprint density at radius 3 is 2.33 bits per heavy atom. The number of aliphatic imine (C=N–C) groups is 1. The highest BCUT2D eigenvalue weighted by Crippen LogP contribution is 2.20. The van der Waals surface area contributed by atoms with Gasteiger partial charge in [0.05, 0.1) is 5.75 Å². The van der Waals surface area contributed by atoms with Crippen LogP contribution < -0.4 is 5.32 Å². The number of hydrogen-bond acceptors (Lipinski definition) is 3. The third-order valence-electron chi connectivity index (χ3n) is 3.99. The summed E-state index contributed by atoms with van der Waals surface area (Å²) in [5.74, 6) is 1.02. The zero-order chi connectivity index (χ0) is 18.4. The molecule has 0 fully saturated rings. The minimum Gasteiger partial charge on any atom is -0.356 e. The third kappa shape index (κ3) is 7.81. The van der Waals surface area contributed by atoms with E-state index in [0.29, 0.717) is 13.0 Å². The minimum atomic E-state index is -2.93. The number of guanidine groups is 1. The third-order valence-corrected chi connectivity index (χ3v) is 4.93. The van der Waals surface area contributed by atoms with Gasteiger partial charge in [-0.15, -0.1) is 0 Å². The fourth-order valence-corrected chi connectivity index (χ4v) is 3.22. The van der Waals surface area contributed by atoms with Crippen molar-refractivity contribution in [3.63, 3.8) is 0 Å². The molecule has 0 saturated heterocycles. The number of benzene rings is 1. The van der Waals surface area contributed by atoms with E-state index < -0.39 is 9.84 Å². The molecule has 0 heterocycles. The van der Waals surface area contributed by atoms with Crippen LogP contribution in [-0.2, 0) is 16.4 Å². The molecule has 0 saturated carbocycles. The van der Waals surface area contributed by atoms with Crippen LogP contribution in [0.1, 0.15) is 31.4 Å². The number of nitrogens with one attached hydrogen (secondary N) is 1. The maximum absolute atomic E-state index is 11.4. The van der Waals surface area contributed by atoms with Gasteiger partial charge in [0.2, 0.25) is 0 Å². The molecule has 1 aromatic rings. The van der Waals surface area contributed by atoms with E-state index >= 15 is 0 Å². The van der Waals surface area contributed by atoms with Gasteiger partial charge in [-0.2, -0.15) is 0 Å². The lowest BCUT2D eigenvalue weighted by atomic mass is 9.90. The minimum absolute atomic E-state index is 0.121. The van der Waals surface area contributed by atoms with E-state index in [-0.39, 0.29) is 11.2 Å². The average molecular weight is 354 g/mol. The standard InChI is InChI=1S/C18H31N3O2S/c1-15-7-9-16(10-8-15)13-21(5)17(19-4)20-14-18(2,3)11-12-24(6,22)23/h7-10H,11-14H2,1-6H3,(H,19,20). The normalized spacial score (nSPS) is 13.0. The molecule has 0 atom stereocenters. The van der Waals surface area contributed by atoms with Crippen molar-refractivity contribution in [1.82, 2.24) is 10.2 Å². The second-order valence-corrected chi connectivity index (χ2v) is 9.55. The first-order chi connectivity index (χ1) is 11.0. The first-order valence-electron chi connectivity index (χ1n) is 8.17. The van der Waals surface area contributed by atoms with Crippen molar-refractivity contribution in [2.75, 3.05) is 32.6 Å². The monoisotopic (exact) mass is 353 g/mol. The molecular weight excluding hydrogens is 322 g/mol. The first kappa shape index (κ1) is 20.5. The largest absolute Gasteiger partial charge is 0.356 e. The van der Waals surface area contributed by atoms with E-state index in [9.17, 15) is 8.42 Å². The van der Waals surface area contributed by atoms with Crippen molar-refractivity contribution in [3.05, 3.63) is 35.4 Å². The summed E-state index contributed by atoms with van der Waals surface area (Å²) in [4.78, 5) is 6.39. The topological polar surface area (TPSA) is 61.8 Å². The molecule has 6 heteroatoms. The van der Waals surface area contributed by atoms with Crippen LogP contribution >= 0.6 is 0 Å². The van der Waals surface area contributed by atoms with Crippen LogP contribution in [-0.4, -0.2) is 51.9 Å². The molecule has 0 radical (unpaired) electrons. The second-order valence-electron chi connectivity index (χ2n) is 7.29. The molecule has 24 heavy (non-hydrogen) atoms. The van der Waals surface area contributed by atoms with Crippen LogP contribution in [0.2, 0.25) is 0 Å². The number of aryl methyl sites for hydroxylation is 1. The zero-order valence-corrected chi connectivity index (χ0v) is 16.6. The fraction of sp³-hybridized carbons (Fsp3) is 0.611. The highest BCUT2D eigenvalue weighted by Gasteiger charge is 2.21. The van der Waals surface area contributed by atoms with Gasteiger partial charge in [0.25, 0.3) is 0 Å². The van der Waals surface area contributed by atoms with Crippen LogP contribution in [0.4, 0.5) is 0 Å². The van der Waals surface area contributed by atoms with Crippen LogP contribution in [0, 0.1) is 12.3 Å². The Morgan fingerprint density at radius 2 is 1.83 bits per heavy atom. The van der Waals surface area contributed by atoms with Crippen LogP contribution in [0.25, 0.3) is 0 Å². The zero-order valence-electron chi connectivity index (χ0n) is 15.8. The Kier molecular flexibility index (Phi) is 7.27. The lowest BCUT2D eigenvalue weighted by Crippen LogP contribution is -2.43. The van der Waals surface area contributed by atoms with Gasteiger partial charge in [-0.25, -0.2) is 8.42 Å². The van der Waals surface area contributed by atoms with Gasteiger partial charge in [-0.05, 0) is 24.3 Å². The van der Waals surface area contributed by atoms with Crippen molar-refractivity contribution in [1.29, 1.82) is 0 Å². The summed E-state index contributed by atoms with van der Waals surface area (Å²) in [6, 6.07) is 8.45. The molecular formula is C18H31N3O2S. The van der Waals surface area contributed by atoms with E-state index in [2.05, 4.69) is 60.2 Å². The molecule has 1 N–H and O–H groups in total. The predicted octanol–water partition coefficient (Wildman–Crippen LogP) is 2.46. The number of sulfone groups is 1. The summed E-state index contributed by atoms with van der Waals surface area (Å²) < 4.78 is 22.7. The fourth-order valence-electron chi connectivity index (χ4n) is 2.30. The molecule has 0 aliphatic carbocycles. The first-order valence-corrected chi connectivity index (χ1v) is 10.2. The van der Waals surface area contributed by atoms with Crippen LogP contribution in [0.15, 0.2) is 29.3 Å². The van der Waals surface area contributed by atoms with Crippen molar-refractivity contribution >= 4 is 15.8 Å². The smallest absolute Gasteiger partial charge is 0.193 e. The molecule has 0 aliphatic rings. The molecule has 136 valence electrons. The van der Waals surface area contributed by atoms with Crippen LogP contribution in [0.5, 0.6) is 0 Å². The molecule has 0 aromatic heterocycles. The van der Waals surface area contributed by atoms with Crippen molar-refractivity contribution in [3.8, 4) is 0 Å². The summed E-state index contributed by atoms with van der Waals surface area (Å²) in [5.41, 5.74) is 2.35. The lowest BCUT2D eigenvalue weighted by Gasteiger charge is -2.28. The maximum Gasteiger partial charge on any atom is 0.193 e. The Bertz CT molecular complexity index is 649. The van der Waals surface area contributed by atoms with Gasteiger partial charge in [0, 0.05) is 33.4 Å². The summed E-state index contributed by atoms with van der Waals surface area (Å²) >= 11 is 0. The van der Waals surface area contributed by atoms with E-state index in [1.807, 2.05) is 7.05 Å². The molecule has 1 rings (SSSR count). The van der Waals surface area contributed by atoms with Crippen molar-refractivity contribution in [2.45, 2.75) is 33.7 Å². The van der Waals surface area contributed by atoms with Gasteiger partial charge in [0.1, 0.15) is 9.84 Å². The molecule has 0 spiro atoms. The van der Waals surface area contributed by atoms with Gasteiger partial charge in [-0.3, -0.25) is 4.99 Å². The Balaban J connectivity index is 2.58. The molecule has 5 nitrogen and oxygen atoms in total. The lowest BCUT2D eigenvalue weighted by molar-refractivity contribution is 0.340. The van der Waals surface area contributed by atoms with Gasteiger partial charge in [0.15, 0.2) is 5.96 Å². The van der Waals surface area contributed by atoms with E-state index in [1.165, 1.54) is 17.4 Å². The number of nitrogens with zero attached hydrogens (tertiary/aromatic N) is 2. The van der Waals surface area contributed by atoms with Crippen molar-refractivity contribution < 1.29 is 8.42 Å². The molecule has 1 aromatic carbocycles. The Hall–Kier alpha value is -1.56. The highest BCUT2D eigenvalue weighted by molar-refractivity contribution is 7.90. The summed E-state index contributed by atoms with van der Waals surface area (Å²) in [5, 5.41) is 3.36. The van der Waals surface area contributed by atoms with Gasteiger partial charge >= 0.3 is 0 Å². The van der Waals surface area contributed by atoms with Crippen LogP contribution in [0.3, 0.4) is 0 Å². The number of rotatable bonds is 7. The van der Waals surface area contributed by atoms with E-state index in [4.69, 9.17) is 0 Å². The SMILES string of the molecule is CN=C(NCC(C)(C)CCS(C)(=O)=O)N(C)Cc1ccc(C)cc1. The van der Waals surface area contributed by atoms with Gasteiger partial charge in [-0.1, -0.05) is 43.7 Å². The second kappa shape index (κ2) is 8.51. The molecule has 0 amide bonds. The maximum atomic E-state index is 11.4. The molecule has 0 bridgehead atoms. The van der Waals surface area contributed by atoms with E-state index in [1.54, 1.807) is 7.05 Å². The summed E-state index contributed by atoms with van der Waals surface area (Å²) in [7, 11) is 0.830. The van der Waals surface area contributed by atoms with Crippen molar-refractivity contribution in [2.24, 2.45) is 10.4 Å². The quantitative estimate of drug-likeness (QED) is 0.604. The Morgan fingerprint density at radius 1 is 1.25 bits per heavy atom.